The largest absolute Gasteiger partial charge is 0.325 e. The number of aryl methyl sites for hydroxylation is 2. The fraction of sp³-hybridized carbons (Fsp3) is 0.278. The molecule has 0 aromatic heterocycles. The molecule has 2 aromatic rings. The van der Waals surface area contributed by atoms with Crippen LogP contribution in [-0.4, -0.2) is 19.6 Å². The van der Waals surface area contributed by atoms with E-state index in [9.17, 15) is 13.2 Å². The van der Waals surface area contributed by atoms with Gasteiger partial charge in [-0.2, -0.15) is 0 Å². The minimum Gasteiger partial charge on any atom is -0.325 e. The third-order valence-corrected chi connectivity index (χ3v) is 6.58. The zero-order chi connectivity index (χ0) is 18.2. The summed E-state index contributed by atoms with van der Waals surface area (Å²) in [5, 5.41) is 2.95. The molecule has 5 nitrogen and oxygen atoms in total. The molecule has 7 heteroatoms. The molecule has 1 aliphatic rings. The maximum absolute atomic E-state index is 12.8. The van der Waals surface area contributed by atoms with Crippen LogP contribution in [0.1, 0.15) is 24.5 Å². The molecular formula is C18H20N2O3S2. The second kappa shape index (κ2) is 6.72. The Morgan fingerprint density at radius 3 is 2.52 bits per heavy atom. The van der Waals surface area contributed by atoms with E-state index in [-0.39, 0.29) is 16.1 Å². The van der Waals surface area contributed by atoms with Crippen molar-refractivity contribution in [2.45, 2.75) is 42.2 Å². The summed E-state index contributed by atoms with van der Waals surface area (Å²) in [5.74, 6) is -0.101. The third-order valence-electron chi connectivity index (χ3n) is 4.05. The van der Waals surface area contributed by atoms with Crippen molar-refractivity contribution in [2.75, 3.05) is 10.0 Å². The number of hydrogen-bond donors (Lipinski definition) is 2. The predicted molar refractivity (Wildman–Crippen MR) is 102 cm³/mol. The molecule has 0 fully saturated rings. The summed E-state index contributed by atoms with van der Waals surface area (Å²) in [5.41, 5.74) is 2.85. The first-order chi connectivity index (χ1) is 11.8. The van der Waals surface area contributed by atoms with Crippen molar-refractivity contribution in [3.05, 3.63) is 47.5 Å². The van der Waals surface area contributed by atoms with Crippen molar-refractivity contribution in [3.63, 3.8) is 0 Å². The SMILES string of the molecule is Cc1cccc(C)c1NS(=O)(=O)c1ccc2c(c1)NC(=O)CC(C)S2. The molecule has 0 saturated heterocycles. The molecule has 1 amide bonds. The number of nitrogens with one attached hydrogen (secondary N) is 2. The number of thioether (sulfide) groups is 1. The van der Waals surface area contributed by atoms with Crippen molar-refractivity contribution in [3.8, 4) is 0 Å². The van der Waals surface area contributed by atoms with E-state index in [0.717, 1.165) is 16.0 Å². The number of sulfonamides is 1. The van der Waals surface area contributed by atoms with E-state index < -0.39 is 10.0 Å². The van der Waals surface area contributed by atoms with Gasteiger partial charge in [0.2, 0.25) is 5.91 Å². The van der Waals surface area contributed by atoms with Gasteiger partial charge in [-0.25, -0.2) is 8.42 Å². The van der Waals surface area contributed by atoms with Gasteiger partial charge < -0.3 is 5.32 Å². The Bertz CT molecular complexity index is 919. The van der Waals surface area contributed by atoms with E-state index in [1.807, 2.05) is 39.0 Å². The minimum atomic E-state index is -3.75. The van der Waals surface area contributed by atoms with Crippen molar-refractivity contribution < 1.29 is 13.2 Å². The van der Waals surface area contributed by atoms with E-state index >= 15 is 0 Å². The highest BCUT2D eigenvalue weighted by atomic mass is 32.2. The highest BCUT2D eigenvalue weighted by Crippen LogP contribution is 2.36. The maximum atomic E-state index is 12.8. The Morgan fingerprint density at radius 2 is 1.84 bits per heavy atom. The number of benzene rings is 2. The zero-order valence-corrected chi connectivity index (χ0v) is 15.9. The number of carbonyl (C=O) groups is 1. The molecule has 0 saturated carbocycles. The number of hydrogen-bond acceptors (Lipinski definition) is 4. The van der Waals surface area contributed by atoms with Crippen molar-refractivity contribution in [1.82, 2.24) is 0 Å². The lowest BCUT2D eigenvalue weighted by atomic mass is 10.1. The first kappa shape index (κ1) is 17.8. The molecule has 132 valence electrons. The fourth-order valence-electron chi connectivity index (χ4n) is 2.77. The Morgan fingerprint density at radius 1 is 1.16 bits per heavy atom. The van der Waals surface area contributed by atoms with Gasteiger partial charge in [-0.15, -0.1) is 11.8 Å². The normalized spacial score (nSPS) is 17.4. The van der Waals surface area contributed by atoms with Gasteiger partial charge in [0.25, 0.3) is 10.0 Å². The summed E-state index contributed by atoms with van der Waals surface area (Å²) in [6.45, 7) is 5.70. The molecule has 1 atom stereocenters. The number of para-hydroxylation sites is 1. The number of amides is 1. The molecule has 0 radical (unpaired) electrons. The van der Waals surface area contributed by atoms with Gasteiger partial charge in [-0.3, -0.25) is 9.52 Å². The standard InChI is InChI=1S/C18H20N2O3S2/c1-11-5-4-6-12(2)18(11)20-25(22,23)14-7-8-16-15(10-14)19-17(21)9-13(3)24-16/h4-8,10,13,20H,9H2,1-3H3,(H,19,21). The second-order valence-corrected chi connectivity index (χ2v) is 9.37. The van der Waals surface area contributed by atoms with Gasteiger partial charge in [0.05, 0.1) is 16.3 Å². The van der Waals surface area contributed by atoms with E-state index in [2.05, 4.69) is 10.0 Å². The molecule has 1 unspecified atom stereocenters. The van der Waals surface area contributed by atoms with Crippen molar-refractivity contribution in [1.29, 1.82) is 0 Å². The average molecular weight is 377 g/mol. The Kier molecular flexibility index (Phi) is 4.79. The average Bonchev–Trinajstić information content (AvgIpc) is 2.66. The lowest BCUT2D eigenvalue weighted by Crippen LogP contribution is -2.16. The van der Waals surface area contributed by atoms with Crippen LogP contribution in [0.4, 0.5) is 11.4 Å². The molecule has 1 aliphatic heterocycles. The van der Waals surface area contributed by atoms with Gasteiger partial charge in [-0.05, 0) is 43.2 Å². The molecule has 2 N–H and O–H groups in total. The Hall–Kier alpha value is -1.99. The fourth-order valence-corrected chi connectivity index (χ4v) is 5.05. The highest BCUT2D eigenvalue weighted by Gasteiger charge is 2.22. The van der Waals surface area contributed by atoms with Crippen molar-refractivity contribution in [2.24, 2.45) is 0 Å². The van der Waals surface area contributed by atoms with E-state index in [1.54, 1.807) is 23.9 Å². The number of anilines is 2. The van der Waals surface area contributed by atoms with Gasteiger partial charge in [0.15, 0.2) is 0 Å². The van der Waals surface area contributed by atoms with Gasteiger partial charge in [0.1, 0.15) is 0 Å². The van der Waals surface area contributed by atoms with Crippen LogP contribution >= 0.6 is 11.8 Å². The lowest BCUT2D eigenvalue weighted by Gasteiger charge is -2.15. The van der Waals surface area contributed by atoms with Crippen LogP contribution in [0.2, 0.25) is 0 Å². The van der Waals surface area contributed by atoms with Crippen LogP contribution in [0.3, 0.4) is 0 Å². The first-order valence-corrected chi connectivity index (χ1v) is 10.3. The van der Waals surface area contributed by atoms with Gasteiger partial charge >= 0.3 is 0 Å². The van der Waals surface area contributed by atoms with Gasteiger partial charge in [0, 0.05) is 16.6 Å². The topological polar surface area (TPSA) is 75.3 Å². The molecule has 0 bridgehead atoms. The van der Waals surface area contributed by atoms with Crippen LogP contribution in [0, 0.1) is 13.8 Å². The second-order valence-electron chi connectivity index (χ2n) is 6.21. The lowest BCUT2D eigenvalue weighted by molar-refractivity contribution is -0.116. The summed E-state index contributed by atoms with van der Waals surface area (Å²) >= 11 is 1.57. The smallest absolute Gasteiger partial charge is 0.261 e. The van der Waals surface area contributed by atoms with E-state index in [0.29, 0.717) is 17.8 Å². The summed E-state index contributed by atoms with van der Waals surface area (Å²) in [7, 11) is -3.75. The van der Waals surface area contributed by atoms with Crippen LogP contribution in [-0.2, 0) is 14.8 Å². The third kappa shape index (κ3) is 3.82. The molecule has 3 rings (SSSR count). The molecule has 2 aromatic carbocycles. The van der Waals surface area contributed by atoms with E-state index in [4.69, 9.17) is 0 Å². The van der Waals surface area contributed by atoms with E-state index in [1.165, 1.54) is 6.07 Å². The summed E-state index contributed by atoms with van der Waals surface area (Å²) in [4.78, 5) is 12.9. The molecule has 1 heterocycles. The maximum Gasteiger partial charge on any atom is 0.261 e. The van der Waals surface area contributed by atoms with Crippen molar-refractivity contribution >= 4 is 39.1 Å². The van der Waals surface area contributed by atoms with Gasteiger partial charge in [-0.1, -0.05) is 25.1 Å². The van der Waals surface area contributed by atoms with Crippen LogP contribution < -0.4 is 10.0 Å². The molecular weight excluding hydrogens is 356 g/mol. The molecule has 0 aliphatic carbocycles. The highest BCUT2D eigenvalue weighted by molar-refractivity contribution is 8.00. The summed E-state index contributed by atoms with van der Waals surface area (Å²) in [6.07, 6.45) is 0.405. The monoisotopic (exact) mass is 376 g/mol. The quantitative estimate of drug-likeness (QED) is 0.851. The minimum absolute atomic E-state index is 0.101. The Labute approximate surface area is 152 Å². The number of rotatable bonds is 3. The first-order valence-electron chi connectivity index (χ1n) is 7.96. The predicted octanol–water partition coefficient (Wildman–Crippen LogP) is 3.93. The van der Waals surface area contributed by atoms with Crippen LogP contribution in [0.15, 0.2) is 46.2 Å². The zero-order valence-electron chi connectivity index (χ0n) is 14.3. The number of fused-ring (bicyclic) bond motifs is 1. The molecule has 25 heavy (non-hydrogen) atoms. The molecule has 0 spiro atoms. The van der Waals surface area contributed by atoms with Crippen LogP contribution in [0.25, 0.3) is 0 Å². The summed E-state index contributed by atoms with van der Waals surface area (Å²) < 4.78 is 28.3. The number of carbonyl (C=O) groups excluding carboxylic acids is 1. The Balaban J connectivity index is 1.97. The van der Waals surface area contributed by atoms with Crippen LogP contribution in [0.5, 0.6) is 0 Å². The summed E-state index contributed by atoms with van der Waals surface area (Å²) in [6, 6.07) is 10.5.